The van der Waals surface area contributed by atoms with E-state index in [0.29, 0.717) is 6.54 Å². The Hall–Kier alpha value is -1.72. The van der Waals surface area contributed by atoms with Crippen LogP contribution in [0.2, 0.25) is 0 Å². The van der Waals surface area contributed by atoms with Crippen molar-refractivity contribution >= 4 is 29.3 Å². The summed E-state index contributed by atoms with van der Waals surface area (Å²) in [6.45, 7) is 5.24. The monoisotopic (exact) mass is 352 g/mol. The summed E-state index contributed by atoms with van der Waals surface area (Å²) in [5.74, 6) is 2.36. The molecule has 1 aromatic carbocycles. The van der Waals surface area contributed by atoms with E-state index < -0.39 is 0 Å². The van der Waals surface area contributed by atoms with E-state index in [1.54, 1.807) is 7.11 Å². The van der Waals surface area contributed by atoms with Gasteiger partial charge in [0.05, 0.1) is 19.7 Å². The zero-order valence-corrected chi connectivity index (χ0v) is 15.2. The van der Waals surface area contributed by atoms with Crippen molar-refractivity contribution in [2.24, 2.45) is 5.92 Å². The summed E-state index contributed by atoms with van der Waals surface area (Å²) in [4.78, 5) is 12.0. The number of carbonyl (C=O) groups excluding carboxylic acids is 1. The van der Waals surface area contributed by atoms with Crippen LogP contribution in [0.3, 0.4) is 0 Å². The van der Waals surface area contributed by atoms with Gasteiger partial charge in [0.1, 0.15) is 17.1 Å². The minimum atomic E-state index is -0.163. The summed E-state index contributed by atoms with van der Waals surface area (Å²) in [5, 5.41) is 7.22. The number of furan rings is 1. The molecule has 1 atom stereocenters. The first-order chi connectivity index (χ1) is 11.1. The lowest BCUT2D eigenvalue weighted by atomic mass is 10.1. The molecule has 0 spiro atoms. The zero-order chi connectivity index (χ0) is 16.4. The van der Waals surface area contributed by atoms with Crippen molar-refractivity contribution in [3.05, 3.63) is 29.5 Å². The van der Waals surface area contributed by atoms with Gasteiger partial charge in [0.2, 0.25) is 5.91 Å². The molecule has 3 rings (SSSR count). The minimum absolute atomic E-state index is 0. The van der Waals surface area contributed by atoms with E-state index in [1.807, 2.05) is 32.0 Å². The molecular weight excluding hydrogens is 328 g/mol. The molecule has 132 valence electrons. The maximum absolute atomic E-state index is 12.0. The number of rotatable bonds is 7. The first-order valence-electron chi connectivity index (χ1n) is 8.15. The fraction of sp³-hybridized carbons (Fsp3) is 0.500. The van der Waals surface area contributed by atoms with Crippen LogP contribution in [0.1, 0.15) is 37.1 Å². The van der Waals surface area contributed by atoms with Gasteiger partial charge < -0.3 is 19.8 Å². The average Bonchev–Trinajstić information content (AvgIpc) is 3.30. The van der Waals surface area contributed by atoms with Crippen molar-refractivity contribution in [3.8, 4) is 5.75 Å². The number of amides is 1. The van der Waals surface area contributed by atoms with Gasteiger partial charge in [-0.1, -0.05) is 0 Å². The van der Waals surface area contributed by atoms with Crippen LogP contribution in [0.15, 0.2) is 22.6 Å². The second-order valence-corrected chi connectivity index (χ2v) is 6.32. The SMILES string of the molecule is COc1ccc2oc(C(C)NC(=O)CNCC3CC3)c(C)c2c1.Cl. The lowest BCUT2D eigenvalue weighted by Gasteiger charge is -2.13. The van der Waals surface area contributed by atoms with Crippen LogP contribution in [0.5, 0.6) is 5.75 Å². The van der Waals surface area contributed by atoms with Crippen LogP contribution in [0.25, 0.3) is 11.0 Å². The number of methoxy groups -OCH3 is 1. The molecule has 0 bridgehead atoms. The van der Waals surface area contributed by atoms with Gasteiger partial charge >= 0.3 is 0 Å². The molecule has 1 unspecified atom stereocenters. The van der Waals surface area contributed by atoms with Crippen molar-refractivity contribution in [2.75, 3.05) is 20.2 Å². The first-order valence-corrected chi connectivity index (χ1v) is 8.15. The molecule has 2 aromatic rings. The summed E-state index contributed by atoms with van der Waals surface area (Å²) in [6.07, 6.45) is 2.57. The van der Waals surface area contributed by atoms with Gasteiger partial charge in [-0.25, -0.2) is 0 Å². The van der Waals surface area contributed by atoms with Gasteiger partial charge in [-0.3, -0.25) is 4.79 Å². The van der Waals surface area contributed by atoms with Crippen LogP contribution in [0, 0.1) is 12.8 Å². The van der Waals surface area contributed by atoms with Crippen LogP contribution >= 0.6 is 12.4 Å². The largest absolute Gasteiger partial charge is 0.497 e. The molecule has 0 radical (unpaired) electrons. The quantitative estimate of drug-likeness (QED) is 0.802. The summed E-state index contributed by atoms with van der Waals surface area (Å²) >= 11 is 0. The molecule has 1 aromatic heterocycles. The number of carbonyl (C=O) groups is 1. The van der Waals surface area contributed by atoms with Gasteiger partial charge in [-0.05, 0) is 57.4 Å². The fourth-order valence-corrected chi connectivity index (χ4v) is 2.83. The molecular formula is C18H25ClN2O3. The van der Waals surface area contributed by atoms with Crippen LogP contribution in [-0.4, -0.2) is 26.1 Å². The lowest BCUT2D eigenvalue weighted by Crippen LogP contribution is -2.36. The van der Waals surface area contributed by atoms with E-state index in [0.717, 1.165) is 40.5 Å². The normalized spacial score (nSPS) is 15.0. The van der Waals surface area contributed by atoms with Gasteiger partial charge in [0, 0.05) is 10.9 Å². The zero-order valence-electron chi connectivity index (χ0n) is 14.3. The fourth-order valence-electron chi connectivity index (χ4n) is 2.83. The van der Waals surface area contributed by atoms with Crippen molar-refractivity contribution < 1.29 is 13.9 Å². The molecule has 24 heavy (non-hydrogen) atoms. The summed E-state index contributed by atoms with van der Waals surface area (Å²) in [6, 6.07) is 5.57. The molecule has 1 aliphatic carbocycles. The highest BCUT2D eigenvalue weighted by Gasteiger charge is 2.22. The molecule has 0 aliphatic heterocycles. The number of benzene rings is 1. The summed E-state index contributed by atoms with van der Waals surface area (Å²) < 4.78 is 11.2. The van der Waals surface area contributed by atoms with Crippen molar-refractivity contribution in [3.63, 3.8) is 0 Å². The average molecular weight is 353 g/mol. The topological polar surface area (TPSA) is 63.5 Å². The number of hydrogen-bond acceptors (Lipinski definition) is 4. The van der Waals surface area contributed by atoms with Crippen molar-refractivity contribution in [2.45, 2.75) is 32.7 Å². The maximum atomic E-state index is 12.0. The van der Waals surface area contributed by atoms with E-state index >= 15 is 0 Å². The molecule has 6 heteroatoms. The third kappa shape index (κ3) is 4.22. The Morgan fingerprint density at radius 2 is 2.17 bits per heavy atom. The number of ether oxygens (including phenoxy) is 1. The second-order valence-electron chi connectivity index (χ2n) is 6.32. The van der Waals surface area contributed by atoms with Gasteiger partial charge in [0.25, 0.3) is 0 Å². The van der Waals surface area contributed by atoms with Gasteiger partial charge in [0.15, 0.2) is 0 Å². The van der Waals surface area contributed by atoms with Crippen molar-refractivity contribution in [1.29, 1.82) is 0 Å². The number of fused-ring (bicyclic) bond motifs is 1. The molecule has 1 fully saturated rings. The number of nitrogens with one attached hydrogen (secondary N) is 2. The summed E-state index contributed by atoms with van der Waals surface area (Å²) in [5.41, 5.74) is 1.85. The Balaban J connectivity index is 0.00000208. The van der Waals surface area contributed by atoms with Crippen LogP contribution in [0.4, 0.5) is 0 Å². The molecule has 1 aliphatic rings. The number of halogens is 1. The third-order valence-electron chi connectivity index (χ3n) is 4.37. The number of hydrogen-bond donors (Lipinski definition) is 2. The molecule has 2 N–H and O–H groups in total. The highest BCUT2D eigenvalue weighted by atomic mass is 35.5. The van der Waals surface area contributed by atoms with Crippen LogP contribution < -0.4 is 15.4 Å². The molecule has 0 saturated heterocycles. The Morgan fingerprint density at radius 3 is 2.83 bits per heavy atom. The number of aryl methyl sites for hydroxylation is 1. The van der Waals surface area contributed by atoms with E-state index in [9.17, 15) is 4.79 Å². The predicted octanol–water partition coefficient (Wildman–Crippen LogP) is 3.35. The van der Waals surface area contributed by atoms with Gasteiger partial charge in [-0.2, -0.15) is 0 Å². The van der Waals surface area contributed by atoms with E-state index in [2.05, 4.69) is 10.6 Å². The predicted molar refractivity (Wildman–Crippen MR) is 96.9 cm³/mol. The minimum Gasteiger partial charge on any atom is -0.497 e. The highest BCUT2D eigenvalue weighted by Crippen LogP contribution is 2.31. The Bertz CT molecular complexity index is 710. The third-order valence-corrected chi connectivity index (χ3v) is 4.37. The smallest absolute Gasteiger partial charge is 0.234 e. The maximum Gasteiger partial charge on any atom is 0.234 e. The Kier molecular flexibility index (Phi) is 6.13. The standard InChI is InChI=1S/C18H24N2O3.ClH/c1-11-15-8-14(22-3)6-7-16(15)23-18(11)12(2)20-17(21)10-19-9-13-4-5-13;/h6-8,12-13,19H,4-5,9-10H2,1-3H3,(H,20,21);1H. The highest BCUT2D eigenvalue weighted by molar-refractivity contribution is 5.85. The molecule has 1 amide bonds. The Labute approximate surface area is 148 Å². The van der Waals surface area contributed by atoms with E-state index in [-0.39, 0.29) is 24.4 Å². The van der Waals surface area contributed by atoms with Gasteiger partial charge in [-0.15, -0.1) is 12.4 Å². The second kappa shape index (κ2) is 7.90. The van der Waals surface area contributed by atoms with Crippen LogP contribution in [-0.2, 0) is 4.79 Å². The van der Waals surface area contributed by atoms with E-state index in [4.69, 9.17) is 9.15 Å². The van der Waals surface area contributed by atoms with E-state index in [1.165, 1.54) is 12.8 Å². The van der Waals surface area contributed by atoms with Crippen molar-refractivity contribution in [1.82, 2.24) is 10.6 Å². The molecule has 1 heterocycles. The summed E-state index contributed by atoms with van der Waals surface area (Å²) in [7, 11) is 1.65. The lowest BCUT2D eigenvalue weighted by molar-refractivity contribution is -0.121. The molecule has 5 nitrogen and oxygen atoms in total. The molecule has 1 saturated carbocycles. The first kappa shape index (κ1) is 18.6. The Morgan fingerprint density at radius 1 is 1.42 bits per heavy atom.